The number of hydrogen-bond donors (Lipinski definition) is 0. The highest BCUT2D eigenvalue weighted by atomic mass is 16.5. The van der Waals surface area contributed by atoms with Crippen LogP contribution in [0.25, 0.3) is 0 Å². The Bertz CT molecular complexity index is 501. The summed E-state index contributed by atoms with van der Waals surface area (Å²) in [5.41, 5.74) is 1.19. The summed E-state index contributed by atoms with van der Waals surface area (Å²) >= 11 is 0. The van der Waals surface area contributed by atoms with Crippen LogP contribution >= 0.6 is 0 Å². The van der Waals surface area contributed by atoms with Gasteiger partial charge in [-0.15, -0.1) is 0 Å². The number of ether oxygens (including phenoxy) is 2. The van der Waals surface area contributed by atoms with E-state index in [1.54, 1.807) is 14.2 Å². The molecule has 7 heteroatoms. The molecular formula is C22H38N2O5. The average molecular weight is 411 g/mol. The summed E-state index contributed by atoms with van der Waals surface area (Å²) in [5.74, 6) is -0.211. The minimum Gasteiger partial charge on any atom is -0.385 e. The predicted octanol–water partition coefficient (Wildman–Crippen LogP) is 2.93. The van der Waals surface area contributed by atoms with Gasteiger partial charge in [-0.2, -0.15) is 0 Å². The third-order valence-electron chi connectivity index (χ3n) is 5.18. The van der Waals surface area contributed by atoms with E-state index in [0.29, 0.717) is 58.3 Å². The molecule has 1 aliphatic rings. The van der Waals surface area contributed by atoms with Gasteiger partial charge in [0.25, 0.3) is 0 Å². The molecule has 0 unspecified atom stereocenters. The molecule has 1 heterocycles. The van der Waals surface area contributed by atoms with Crippen molar-refractivity contribution in [1.82, 2.24) is 9.80 Å². The van der Waals surface area contributed by atoms with E-state index in [9.17, 15) is 14.4 Å². The second-order valence-corrected chi connectivity index (χ2v) is 7.57. The molecule has 0 aromatic heterocycles. The van der Waals surface area contributed by atoms with Gasteiger partial charge in [0.1, 0.15) is 0 Å². The topological polar surface area (TPSA) is 76.2 Å². The number of carbonyl (C=O) groups excluding carboxylic acids is 3. The fourth-order valence-corrected chi connectivity index (χ4v) is 3.32. The van der Waals surface area contributed by atoms with E-state index in [2.05, 4.69) is 6.58 Å². The first-order chi connectivity index (χ1) is 14.0. The van der Waals surface area contributed by atoms with Gasteiger partial charge in [-0.3, -0.25) is 19.3 Å². The zero-order valence-corrected chi connectivity index (χ0v) is 18.2. The van der Waals surface area contributed by atoms with Crippen LogP contribution in [0.1, 0.15) is 64.2 Å². The van der Waals surface area contributed by atoms with Crippen LogP contribution in [0.3, 0.4) is 0 Å². The fraction of sp³-hybridized carbons (Fsp3) is 0.773. The molecule has 0 spiro atoms. The van der Waals surface area contributed by atoms with E-state index in [0.717, 1.165) is 38.8 Å². The molecule has 0 aliphatic carbocycles. The van der Waals surface area contributed by atoms with E-state index >= 15 is 0 Å². The average Bonchev–Trinajstić information content (AvgIpc) is 2.71. The van der Waals surface area contributed by atoms with Crippen molar-refractivity contribution in [2.45, 2.75) is 64.2 Å². The van der Waals surface area contributed by atoms with Crippen LogP contribution in [-0.4, -0.2) is 74.6 Å². The number of amides is 3. The van der Waals surface area contributed by atoms with Crippen LogP contribution in [0, 0.1) is 0 Å². The van der Waals surface area contributed by atoms with Crippen molar-refractivity contribution in [2.75, 3.05) is 47.1 Å². The van der Waals surface area contributed by atoms with Gasteiger partial charge in [0, 0.05) is 66.3 Å². The van der Waals surface area contributed by atoms with Crippen LogP contribution in [0.2, 0.25) is 0 Å². The van der Waals surface area contributed by atoms with Crippen molar-refractivity contribution in [3.05, 3.63) is 12.2 Å². The lowest BCUT2D eigenvalue weighted by Crippen LogP contribution is -2.39. The SMILES string of the molecule is C=C1CCN(C(=O)CCCN(C(=O)CCCCOC)C(=O)CCCCOC)CC1. The minimum atomic E-state index is -0.153. The van der Waals surface area contributed by atoms with Gasteiger partial charge < -0.3 is 14.4 Å². The molecule has 166 valence electrons. The number of likely N-dealkylation sites (tertiary alicyclic amines) is 1. The van der Waals surface area contributed by atoms with E-state index < -0.39 is 0 Å². The van der Waals surface area contributed by atoms with Crippen LogP contribution < -0.4 is 0 Å². The zero-order valence-electron chi connectivity index (χ0n) is 18.2. The Morgan fingerprint density at radius 3 is 1.86 bits per heavy atom. The maximum atomic E-state index is 12.6. The Morgan fingerprint density at radius 1 is 0.862 bits per heavy atom. The Hall–Kier alpha value is -1.73. The molecule has 29 heavy (non-hydrogen) atoms. The summed E-state index contributed by atoms with van der Waals surface area (Å²) in [6, 6.07) is 0. The van der Waals surface area contributed by atoms with Crippen molar-refractivity contribution >= 4 is 17.7 Å². The Labute approximate surface area is 175 Å². The third kappa shape index (κ3) is 10.6. The zero-order chi connectivity index (χ0) is 21.5. The summed E-state index contributed by atoms with van der Waals surface area (Å²) in [4.78, 5) is 40.8. The highest BCUT2D eigenvalue weighted by molar-refractivity contribution is 5.95. The molecule has 0 aromatic rings. The maximum absolute atomic E-state index is 12.6. The van der Waals surface area contributed by atoms with Crippen molar-refractivity contribution in [3.8, 4) is 0 Å². The number of carbonyl (C=O) groups is 3. The van der Waals surface area contributed by atoms with E-state index in [1.165, 1.54) is 10.5 Å². The molecule has 0 saturated carbocycles. The lowest BCUT2D eigenvalue weighted by Gasteiger charge is -2.28. The molecule has 3 amide bonds. The fourth-order valence-electron chi connectivity index (χ4n) is 3.32. The highest BCUT2D eigenvalue weighted by Crippen LogP contribution is 2.15. The van der Waals surface area contributed by atoms with Crippen molar-refractivity contribution in [3.63, 3.8) is 0 Å². The first kappa shape index (κ1) is 25.3. The van der Waals surface area contributed by atoms with Crippen LogP contribution in [0.5, 0.6) is 0 Å². The number of nitrogens with zero attached hydrogens (tertiary/aromatic N) is 2. The summed E-state index contributed by atoms with van der Waals surface area (Å²) in [5, 5.41) is 0. The van der Waals surface area contributed by atoms with E-state index in [4.69, 9.17) is 9.47 Å². The third-order valence-corrected chi connectivity index (χ3v) is 5.18. The van der Waals surface area contributed by atoms with E-state index in [1.807, 2.05) is 4.90 Å². The lowest BCUT2D eigenvalue weighted by molar-refractivity contribution is -0.145. The van der Waals surface area contributed by atoms with Crippen LogP contribution in [0.4, 0.5) is 0 Å². The van der Waals surface area contributed by atoms with Crippen molar-refractivity contribution < 1.29 is 23.9 Å². The van der Waals surface area contributed by atoms with Gasteiger partial charge in [-0.05, 0) is 44.9 Å². The van der Waals surface area contributed by atoms with Gasteiger partial charge >= 0.3 is 0 Å². The van der Waals surface area contributed by atoms with Gasteiger partial charge in [-0.1, -0.05) is 12.2 Å². The van der Waals surface area contributed by atoms with Crippen molar-refractivity contribution in [2.24, 2.45) is 0 Å². The Morgan fingerprint density at radius 2 is 1.38 bits per heavy atom. The van der Waals surface area contributed by atoms with Gasteiger partial charge in [0.2, 0.25) is 17.7 Å². The van der Waals surface area contributed by atoms with Crippen LogP contribution in [0.15, 0.2) is 12.2 Å². The van der Waals surface area contributed by atoms with Crippen molar-refractivity contribution in [1.29, 1.82) is 0 Å². The van der Waals surface area contributed by atoms with E-state index in [-0.39, 0.29) is 17.7 Å². The predicted molar refractivity (Wildman–Crippen MR) is 112 cm³/mol. The minimum absolute atomic E-state index is 0.0949. The molecule has 0 aromatic carbocycles. The number of piperidine rings is 1. The molecular weight excluding hydrogens is 372 g/mol. The summed E-state index contributed by atoms with van der Waals surface area (Å²) in [6.45, 7) is 6.93. The van der Waals surface area contributed by atoms with Gasteiger partial charge in [0.15, 0.2) is 0 Å². The monoisotopic (exact) mass is 410 g/mol. The molecule has 1 rings (SSSR count). The lowest BCUT2D eigenvalue weighted by atomic mass is 10.1. The molecule has 1 saturated heterocycles. The quantitative estimate of drug-likeness (QED) is 0.325. The number of hydrogen-bond acceptors (Lipinski definition) is 5. The Kier molecular flexibility index (Phi) is 13.2. The molecule has 0 atom stereocenters. The first-order valence-electron chi connectivity index (χ1n) is 10.7. The van der Waals surface area contributed by atoms with Crippen LogP contribution in [-0.2, 0) is 23.9 Å². The Balaban J connectivity index is 2.48. The molecule has 7 nitrogen and oxygen atoms in total. The second kappa shape index (κ2) is 15.2. The number of methoxy groups -OCH3 is 2. The number of rotatable bonds is 14. The molecule has 0 N–H and O–H groups in total. The largest absolute Gasteiger partial charge is 0.385 e. The molecule has 0 radical (unpaired) electrons. The summed E-state index contributed by atoms with van der Waals surface area (Å²) < 4.78 is 10.0. The molecule has 0 bridgehead atoms. The summed E-state index contributed by atoms with van der Waals surface area (Å²) in [6.07, 6.45) is 6.20. The number of unbranched alkanes of at least 4 members (excludes halogenated alkanes) is 2. The van der Waals surface area contributed by atoms with Gasteiger partial charge in [-0.25, -0.2) is 0 Å². The summed E-state index contributed by atoms with van der Waals surface area (Å²) in [7, 11) is 3.26. The molecule has 1 aliphatic heterocycles. The molecule has 1 fully saturated rings. The standard InChI is InChI=1S/C22H38N2O5/c1-19-12-15-23(16-13-19)20(25)11-8-14-24(21(26)9-4-6-17-28-2)22(27)10-5-7-18-29-3/h1,4-18H2,2-3H3. The smallest absolute Gasteiger partial charge is 0.229 e. The normalized spacial score (nSPS) is 14.1. The highest BCUT2D eigenvalue weighted by Gasteiger charge is 2.22. The van der Waals surface area contributed by atoms with Gasteiger partial charge in [0.05, 0.1) is 0 Å². The maximum Gasteiger partial charge on any atom is 0.229 e. The second-order valence-electron chi connectivity index (χ2n) is 7.57. The number of imide groups is 1. The first-order valence-corrected chi connectivity index (χ1v) is 10.7.